The Morgan fingerprint density at radius 3 is 2.77 bits per heavy atom. The van der Waals surface area contributed by atoms with E-state index in [2.05, 4.69) is 15.2 Å². The summed E-state index contributed by atoms with van der Waals surface area (Å²) in [5.41, 5.74) is 7.72. The van der Waals surface area contributed by atoms with Crippen molar-refractivity contribution in [2.75, 3.05) is 0 Å². The van der Waals surface area contributed by atoms with E-state index in [9.17, 15) is 9.59 Å². The Morgan fingerprint density at radius 2 is 2.04 bits per heavy atom. The zero-order chi connectivity index (χ0) is 18.8. The first-order chi connectivity index (χ1) is 12.4. The number of nitrogens with one attached hydrogen (secondary N) is 1. The molecule has 0 bridgehead atoms. The molecule has 0 radical (unpaired) electrons. The van der Waals surface area contributed by atoms with Gasteiger partial charge < -0.3 is 15.3 Å². The number of carbonyl (C=O) groups excluding carboxylic acids is 2. The topological polar surface area (TPSA) is 107 Å². The zero-order valence-corrected chi connectivity index (χ0v) is 15.8. The van der Waals surface area contributed by atoms with Crippen LogP contribution in [-0.2, 0) is 18.3 Å². The van der Waals surface area contributed by atoms with Crippen LogP contribution in [0.25, 0.3) is 10.9 Å². The number of Topliss-reactive ketones (excluding diaryl/α,β-unsaturated/α-hetero) is 1. The number of rotatable bonds is 7. The minimum absolute atomic E-state index is 0.0478. The number of primary amides is 1. The van der Waals surface area contributed by atoms with E-state index in [1.165, 1.54) is 11.8 Å². The number of thioether (sulfide) groups is 1. The van der Waals surface area contributed by atoms with Crippen LogP contribution in [0.5, 0.6) is 0 Å². The Labute approximate surface area is 155 Å². The predicted molar refractivity (Wildman–Crippen MR) is 101 cm³/mol. The maximum absolute atomic E-state index is 13.0. The van der Waals surface area contributed by atoms with E-state index in [0.717, 1.165) is 22.2 Å². The summed E-state index contributed by atoms with van der Waals surface area (Å²) in [6.07, 6.45) is 0.656. The van der Waals surface area contributed by atoms with Crippen molar-refractivity contribution < 1.29 is 9.59 Å². The molecule has 0 aliphatic rings. The average Bonchev–Trinajstić information content (AvgIpc) is 3.11. The van der Waals surface area contributed by atoms with Gasteiger partial charge in [0.25, 0.3) is 0 Å². The number of fused-ring (bicyclic) bond motifs is 1. The van der Waals surface area contributed by atoms with E-state index in [-0.39, 0.29) is 23.4 Å². The SMILES string of the molecule is Cc1[nH]c2ccccc2c1C(=O)[C@@H](C)Sc1nnc(CCC(N)=O)n1C. The molecule has 3 N–H and O–H groups in total. The van der Waals surface area contributed by atoms with Crippen LogP contribution in [0.3, 0.4) is 0 Å². The molecular formula is C18H21N5O2S. The molecular weight excluding hydrogens is 350 g/mol. The van der Waals surface area contributed by atoms with Crippen LogP contribution in [0, 0.1) is 6.92 Å². The van der Waals surface area contributed by atoms with Crippen LogP contribution >= 0.6 is 11.8 Å². The lowest BCUT2D eigenvalue weighted by atomic mass is 10.1. The van der Waals surface area contributed by atoms with Gasteiger partial charge in [-0.3, -0.25) is 9.59 Å². The first-order valence-electron chi connectivity index (χ1n) is 8.33. The molecule has 0 unspecified atom stereocenters. The molecule has 7 nitrogen and oxygen atoms in total. The lowest BCUT2D eigenvalue weighted by Gasteiger charge is -2.10. The molecule has 2 heterocycles. The van der Waals surface area contributed by atoms with Crippen LogP contribution in [0.2, 0.25) is 0 Å². The van der Waals surface area contributed by atoms with Gasteiger partial charge in [0.2, 0.25) is 5.91 Å². The summed E-state index contributed by atoms with van der Waals surface area (Å²) >= 11 is 1.36. The van der Waals surface area contributed by atoms with E-state index >= 15 is 0 Å². The number of nitrogens with zero attached hydrogens (tertiary/aromatic N) is 3. The zero-order valence-electron chi connectivity index (χ0n) is 14.9. The number of nitrogens with two attached hydrogens (primary N) is 1. The largest absolute Gasteiger partial charge is 0.370 e. The molecule has 3 aromatic rings. The number of aromatic nitrogens is 4. The maximum atomic E-state index is 13.0. The number of amides is 1. The van der Waals surface area contributed by atoms with E-state index < -0.39 is 0 Å². The molecule has 0 fully saturated rings. The number of aryl methyl sites for hydroxylation is 2. The van der Waals surface area contributed by atoms with Gasteiger partial charge >= 0.3 is 0 Å². The van der Waals surface area contributed by atoms with E-state index in [0.29, 0.717) is 17.4 Å². The third kappa shape index (κ3) is 3.50. The molecule has 3 rings (SSSR count). The Kier molecular flexibility index (Phi) is 5.13. The monoisotopic (exact) mass is 371 g/mol. The van der Waals surface area contributed by atoms with Crippen molar-refractivity contribution in [2.24, 2.45) is 12.8 Å². The molecule has 0 aliphatic carbocycles. The number of hydrogen-bond acceptors (Lipinski definition) is 5. The molecule has 0 saturated heterocycles. The molecule has 0 spiro atoms. The number of carbonyl (C=O) groups is 2. The van der Waals surface area contributed by atoms with Gasteiger partial charge in [-0.2, -0.15) is 0 Å². The van der Waals surface area contributed by atoms with Crippen molar-refractivity contribution >= 4 is 34.4 Å². The van der Waals surface area contributed by atoms with Gasteiger partial charge in [0.1, 0.15) is 5.82 Å². The summed E-state index contributed by atoms with van der Waals surface area (Å²) in [7, 11) is 1.83. The van der Waals surface area contributed by atoms with Crippen LogP contribution in [0.1, 0.15) is 35.2 Å². The molecule has 1 atom stereocenters. The van der Waals surface area contributed by atoms with Gasteiger partial charge in [0.15, 0.2) is 10.9 Å². The highest BCUT2D eigenvalue weighted by molar-refractivity contribution is 8.00. The molecule has 26 heavy (non-hydrogen) atoms. The van der Waals surface area contributed by atoms with Crippen molar-refractivity contribution in [3.63, 3.8) is 0 Å². The van der Waals surface area contributed by atoms with Crippen molar-refractivity contribution in [3.8, 4) is 0 Å². The minimum Gasteiger partial charge on any atom is -0.370 e. The third-order valence-corrected chi connectivity index (χ3v) is 5.45. The molecule has 1 amide bonds. The lowest BCUT2D eigenvalue weighted by Crippen LogP contribution is -2.15. The summed E-state index contributed by atoms with van der Waals surface area (Å²) in [6, 6.07) is 7.79. The molecule has 0 aliphatic heterocycles. The second-order valence-electron chi connectivity index (χ2n) is 6.22. The summed E-state index contributed by atoms with van der Waals surface area (Å²) in [4.78, 5) is 27.2. The second kappa shape index (κ2) is 7.33. The van der Waals surface area contributed by atoms with Gasteiger partial charge in [-0.05, 0) is 19.9 Å². The van der Waals surface area contributed by atoms with Gasteiger partial charge in [-0.25, -0.2) is 0 Å². The number of para-hydroxylation sites is 1. The Balaban J connectivity index is 1.79. The van der Waals surface area contributed by atoms with Gasteiger partial charge in [-0.1, -0.05) is 30.0 Å². The maximum Gasteiger partial charge on any atom is 0.217 e. The smallest absolute Gasteiger partial charge is 0.217 e. The van der Waals surface area contributed by atoms with Crippen molar-refractivity contribution in [3.05, 3.63) is 41.3 Å². The van der Waals surface area contributed by atoms with Crippen LogP contribution in [0.4, 0.5) is 0 Å². The first-order valence-corrected chi connectivity index (χ1v) is 9.21. The molecule has 1 aromatic carbocycles. The van der Waals surface area contributed by atoms with Gasteiger partial charge in [0, 0.05) is 42.0 Å². The number of hydrogen-bond donors (Lipinski definition) is 2. The Bertz CT molecular complexity index is 975. The van der Waals surface area contributed by atoms with Crippen LogP contribution in [0.15, 0.2) is 29.4 Å². The Hall–Kier alpha value is -2.61. The highest BCUT2D eigenvalue weighted by Gasteiger charge is 2.24. The number of ketones is 1. The molecule has 0 saturated carbocycles. The summed E-state index contributed by atoms with van der Waals surface area (Å²) < 4.78 is 1.81. The molecule has 8 heteroatoms. The van der Waals surface area contributed by atoms with Crippen molar-refractivity contribution in [1.82, 2.24) is 19.7 Å². The number of benzene rings is 1. The first kappa shape index (κ1) is 18.2. The van der Waals surface area contributed by atoms with E-state index in [1.54, 1.807) is 4.57 Å². The second-order valence-corrected chi connectivity index (χ2v) is 7.53. The van der Waals surface area contributed by atoms with Gasteiger partial charge in [-0.15, -0.1) is 10.2 Å². The van der Waals surface area contributed by atoms with Crippen molar-refractivity contribution in [1.29, 1.82) is 0 Å². The van der Waals surface area contributed by atoms with E-state index in [4.69, 9.17) is 5.73 Å². The molecule has 2 aromatic heterocycles. The summed E-state index contributed by atoms with van der Waals surface area (Å²) in [5, 5.41) is 9.50. The fourth-order valence-corrected chi connectivity index (χ4v) is 3.80. The minimum atomic E-state index is -0.374. The lowest BCUT2D eigenvalue weighted by molar-refractivity contribution is -0.118. The summed E-state index contributed by atoms with van der Waals surface area (Å²) in [5.74, 6) is 0.349. The number of aromatic amines is 1. The highest BCUT2D eigenvalue weighted by atomic mass is 32.2. The van der Waals surface area contributed by atoms with Crippen molar-refractivity contribution in [2.45, 2.75) is 37.1 Å². The quantitative estimate of drug-likeness (QED) is 0.490. The standard InChI is InChI=1S/C18H21N5O2S/c1-10-16(12-6-4-5-7-13(12)20-10)17(25)11(2)26-18-22-21-15(23(18)3)9-8-14(19)24/h4-7,11,20H,8-9H2,1-3H3,(H2,19,24)/t11-/m1/s1. The number of H-pyrrole nitrogens is 1. The highest BCUT2D eigenvalue weighted by Crippen LogP contribution is 2.29. The Morgan fingerprint density at radius 1 is 1.31 bits per heavy atom. The normalized spacial score (nSPS) is 12.4. The average molecular weight is 371 g/mol. The third-order valence-electron chi connectivity index (χ3n) is 4.31. The van der Waals surface area contributed by atoms with Gasteiger partial charge in [0.05, 0.1) is 5.25 Å². The predicted octanol–water partition coefficient (Wildman–Crippen LogP) is 2.39. The van der Waals surface area contributed by atoms with E-state index in [1.807, 2.05) is 45.2 Å². The molecule has 136 valence electrons. The fraction of sp³-hybridized carbons (Fsp3) is 0.333. The fourth-order valence-electron chi connectivity index (χ4n) is 2.91. The van der Waals surface area contributed by atoms with Crippen LogP contribution < -0.4 is 5.73 Å². The van der Waals surface area contributed by atoms with Crippen LogP contribution in [-0.4, -0.2) is 36.7 Å². The summed E-state index contributed by atoms with van der Waals surface area (Å²) in [6.45, 7) is 3.78.